The number of nitrogens with zero attached hydrogens (tertiary/aromatic N) is 1. The van der Waals surface area contributed by atoms with Crippen LogP contribution in [0.4, 0.5) is 10.1 Å². The molecular formula is C18H18FN3O2. The zero-order valence-electron chi connectivity index (χ0n) is 13.3. The molecule has 6 heteroatoms. The molecule has 0 spiro atoms. The van der Waals surface area contributed by atoms with Crippen LogP contribution < -0.4 is 10.7 Å². The largest absolute Gasteiger partial charge is 0.326 e. The molecule has 24 heavy (non-hydrogen) atoms. The van der Waals surface area contributed by atoms with Gasteiger partial charge in [-0.3, -0.25) is 9.59 Å². The van der Waals surface area contributed by atoms with Crippen LogP contribution in [0, 0.1) is 12.7 Å². The van der Waals surface area contributed by atoms with Gasteiger partial charge in [-0.15, -0.1) is 0 Å². The molecule has 2 N–H and O–H groups in total. The maximum Gasteiger partial charge on any atom is 0.240 e. The highest BCUT2D eigenvalue weighted by Crippen LogP contribution is 2.08. The van der Waals surface area contributed by atoms with Crippen molar-refractivity contribution in [3.63, 3.8) is 0 Å². The molecule has 0 atom stereocenters. The van der Waals surface area contributed by atoms with Crippen LogP contribution in [0.25, 0.3) is 0 Å². The Balaban J connectivity index is 1.71. The lowest BCUT2D eigenvalue weighted by atomic mass is 10.2. The second-order valence-electron chi connectivity index (χ2n) is 5.26. The minimum Gasteiger partial charge on any atom is -0.326 e. The number of hydrazone groups is 1. The van der Waals surface area contributed by atoms with Gasteiger partial charge in [0, 0.05) is 18.5 Å². The van der Waals surface area contributed by atoms with E-state index >= 15 is 0 Å². The number of carbonyl (C=O) groups is 2. The lowest BCUT2D eigenvalue weighted by Gasteiger charge is -2.04. The maximum absolute atomic E-state index is 12.8. The molecule has 0 aromatic heterocycles. The highest BCUT2D eigenvalue weighted by Gasteiger charge is 2.06. The summed E-state index contributed by atoms with van der Waals surface area (Å²) in [4.78, 5) is 23.3. The molecule has 0 aliphatic carbocycles. The van der Waals surface area contributed by atoms with Gasteiger partial charge in [0.15, 0.2) is 0 Å². The van der Waals surface area contributed by atoms with E-state index in [1.54, 1.807) is 0 Å². The summed E-state index contributed by atoms with van der Waals surface area (Å²) in [5.41, 5.74) is 4.87. The van der Waals surface area contributed by atoms with Gasteiger partial charge in [0.1, 0.15) is 5.82 Å². The number of halogens is 1. The maximum atomic E-state index is 12.8. The zero-order chi connectivity index (χ0) is 17.4. The van der Waals surface area contributed by atoms with E-state index < -0.39 is 0 Å². The quantitative estimate of drug-likeness (QED) is 0.632. The van der Waals surface area contributed by atoms with Crippen molar-refractivity contribution in [1.29, 1.82) is 0 Å². The van der Waals surface area contributed by atoms with Crippen LogP contribution in [-0.4, -0.2) is 18.0 Å². The van der Waals surface area contributed by atoms with Crippen molar-refractivity contribution in [1.82, 2.24) is 5.43 Å². The molecule has 0 radical (unpaired) electrons. The number of carbonyl (C=O) groups excluding carboxylic acids is 2. The van der Waals surface area contributed by atoms with Crippen LogP contribution in [0.5, 0.6) is 0 Å². The predicted molar refractivity (Wildman–Crippen MR) is 91.2 cm³/mol. The molecule has 0 unspecified atom stereocenters. The highest BCUT2D eigenvalue weighted by atomic mass is 19.1. The molecule has 2 rings (SSSR count). The Bertz CT molecular complexity index is 725. The van der Waals surface area contributed by atoms with Gasteiger partial charge >= 0.3 is 0 Å². The molecule has 0 heterocycles. The molecule has 5 nitrogen and oxygen atoms in total. The van der Waals surface area contributed by atoms with E-state index in [-0.39, 0.29) is 30.5 Å². The summed E-state index contributed by atoms with van der Waals surface area (Å²) in [6.07, 6.45) is 1.57. The smallest absolute Gasteiger partial charge is 0.240 e. The first-order valence-electron chi connectivity index (χ1n) is 7.47. The first-order chi connectivity index (χ1) is 11.5. The van der Waals surface area contributed by atoms with E-state index in [1.165, 1.54) is 30.5 Å². The fraction of sp³-hybridized carbons (Fsp3) is 0.167. The summed E-state index contributed by atoms with van der Waals surface area (Å²) in [7, 11) is 0. The van der Waals surface area contributed by atoms with Crippen molar-refractivity contribution in [2.45, 2.75) is 19.8 Å². The number of nitrogens with one attached hydrogen (secondary N) is 2. The van der Waals surface area contributed by atoms with E-state index in [2.05, 4.69) is 15.8 Å². The monoisotopic (exact) mass is 327 g/mol. The van der Waals surface area contributed by atoms with Crippen molar-refractivity contribution in [2.75, 3.05) is 5.32 Å². The minimum absolute atomic E-state index is 0.0122. The first kappa shape index (κ1) is 17.3. The second-order valence-corrected chi connectivity index (χ2v) is 5.26. The Hall–Kier alpha value is -3.02. The van der Waals surface area contributed by atoms with Gasteiger partial charge in [0.05, 0.1) is 6.21 Å². The van der Waals surface area contributed by atoms with E-state index in [0.29, 0.717) is 5.69 Å². The molecule has 0 bridgehead atoms. The fourth-order valence-electron chi connectivity index (χ4n) is 1.87. The molecular weight excluding hydrogens is 309 g/mol. The molecule has 0 saturated carbocycles. The Labute approximate surface area is 139 Å². The van der Waals surface area contributed by atoms with Crippen LogP contribution in [0.15, 0.2) is 53.6 Å². The Morgan fingerprint density at radius 3 is 2.29 bits per heavy atom. The first-order valence-corrected chi connectivity index (χ1v) is 7.47. The van der Waals surface area contributed by atoms with Crippen molar-refractivity contribution >= 4 is 23.7 Å². The van der Waals surface area contributed by atoms with Gasteiger partial charge in [0.2, 0.25) is 11.8 Å². The number of anilines is 1. The van der Waals surface area contributed by atoms with Crippen molar-refractivity contribution < 1.29 is 14.0 Å². The summed E-state index contributed by atoms with van der Waals surface area (Å²) < 4.78 is 12.8. The summed E-state index contributed by atoms with van der Waals surface area (Å²) in [6.45, 7) is 1.99. The Kier molecular flexibility index (Phi) is 6.19. The van der Waals surface area contributed by atoms with Gasteiger partial charge in [-0.2, -0.15) is 5.10 Å². The third kappa shape index (κ3) is 6.00. The average Bonchev–Trinajstić information content (AvgIpc) is 2.57. The van der Waals surface area contributed by atoms with Gasteiger partial charge in [-0.1, -0.05) is 29.8 Å². The van der Waals surface area contributed by atoms with Gasteiger partial charge in [-0.05, 0) is 36.8 Å². The average molecular weight is 327 g/mol. The third-order valence-corrected chi connectivity index (χ3v) is 3.19. The molecule has 0 aliphatic heterocycles. The summed E-state index contributed by atoms with van der Waals surface area (Å²) in [6, 6.07) is 13.1. The lowest BCUT2D eigenvalue weighted by molar-refractivity contribution is -0.124. The van der Waals surface area contributed by atoms with Crippen LogP contribution in [0.3, 0.4) is 0 Å². The normalized spacial score (nSPS) is 10.6. The summed E-state index contributed by atoms with van der Waals surface area (Å²) in [5, 5.41) is 6.43. The summed E-state index contributed by atoms with van der Waals surface area (Å²) >= 11 is 0. The zero-order valence-corrected chi connectivity index (χ0v) is 13.3. The molecule has 0 saturated heterocycles. The fourth-order valence-corrected chi connectivity index (χ4v) is 1.87. The number of aryl methyl sites for hydroxylation is 1. The van der Waals surface area contributed by atoms with Crippen LogP contribution in [0.1, 0.15) is 24.0 Å². The van der Waals surface area contributed by atoms with Crippen molar-refractivity contribution in [3.05, 3.63) is 65.5 Å². The highest BCUT2D eigenvalue weighted by molar-refractivity contribution is 5.93. The number of benzene rings is 2. The molecule has 0 aliphatic rings. The van der Waals surface area contributed by atoms with Gasteiger partial charge in [0.25, 0.3) is 0 Å². The molecule has 2 aromatic rings. The predicted octanol–water partition coefficient (Wildman–Crippen LogP) is 3.00. The number of hydrogen-bond acceptors (Lipinski definition) is 3. The third-order valence-electron chi connectivity index (χ3n) is 3.19. The van der Waals surface area contributed by atoms with Crippen molar-refractivity contribution in [2.24, 2.45) is 5.10 Å². The summed E-state index contributed by atoms with van der Waals surface area (Å²) in [5.74, 6) is -1.05. The van der Waals surface area contributed by atoms with E-state index in [4.69, 9.17) is 0 Å². The standard InChI is InChI=1S/C18H18FN3O2/c1-13-2-4-14(5-3-13)12-20-22-18(24)11-10-17(23)21-16-8-6-15(19)7-9-16/h2-9,12H,10-11H2,1H3,(H,21,23)(H,22,24). The Morgan fingerprint density at radius 1 is 1.00 bits per heavy atom. The minimum atomic E-state index is -0.376. The van der Waals surface area contributed by atoms with Crippen LogP contribution >= 0.6 is 0 Å². The second kappa shape index (κ2) is 8.57. The van der Waals surface area contributed by atoms with Crippen LogP contribution in [0.2, 0.25) is 0 Å². The topological polar surface area (TPSA) is 70.6 Å². The lowest BCUT2D eigenvalue weighted by Crippen LogP contribution is -2.20. The van der Waals surface area contributed by atoms with Gasteiger partial charge in [-0.25, -0.2) is 9.82 Å². The molecule has 2 amide bonds. The number of rotatable bonds is 6. The SMILES string of the molecule is Cc1ccc(C=NNC(=O)CCC(=O)Nc2ccc(F)cc2)cc1. The van der Waals surface area contributed by atoms with Gasteiger partial charge < -0.3 is 5.32 Å². The van der Waals surface area contributed by atoms with Crippen molar-refractivity contribution in [3.8, 4) is 0 Å². The van der Waals surface area contributed by atoms with E-state index in [0.717, 1.165) is 11.1 Å². The molecule has 0 fully saturated rings. The molecule has 2 aromatic carbocycles. The number of amides is 2. The Morgan fingerprint density at radius 2 is 1.62 bits per heavy atom. The van der Waals surface area contributed by atoms with Crippen LogP contribution in [-0.2, 0) is 9.59 Å². The number of hydrogen-bond donors (Lipinski definition) is 2. The van der Waals surface area contributed by atoms with E-state index in [1.807, 2.05) is 31.2 Å². The van der Waals surface area contributed by atoms with E-state index in [9.17, 15) is 14.0 Å². The molecule has 124 valence electrons.